The summed E-state index contributed by atoms with van der Waals surface area (Å²) in [6.07, 6.45) is 0. The van der Waals surface area contributed by atoms with Crippen LogP contribution in [0.25, 0.3) is 10.9 Å². The number of carbonyl (C=O) groups is 2. The summed E-state index contributed by atoms with van der Waals surface area (Å²) in [5.74, 6) is -1.89. The maximum absolute atomic E-state index is 13.7. The second-order valence-electron chi connectivity index (χ2n) is 10.4. The Labute approximate surface area is 237 Å². The summed E-state index contributed by atoms with van der Waals surface area (Å²) in [7, 11) is -2.00. The highest BCUT2D eigenvalue weighted by atomic mass is 32.2. The van der Waals surface area contributed by atoms with Crippen molar-refractivity contribution >= 4 is 49.6 Å². The number of aromatic nitrogens is 2. The third-order valence-electron chi connectivity index (χ3n) is 7.26. The van der Waals surface area contributed by atoms with E-state index in [0.29, 0.717) is 16.6 Å². The molecule has 0 radical (unpaired) electrons. The number of piperazine rings is 1. The molecule has 5 rings (SSSR count). The number of amides is 1. The van der Waals surface area contributed by atoms with Crippen LogP contribution in [0.15, 0.2) is 64.4 Å². The molecule has 0 atom stereocenters. The zero-order chi connectivity index (χ0) is 29.5. The van der Waals surface area contributed by atoms with Gasteiger partial charge in [0, 0.05) is 37.5 Å². The predicted molar refractivity (Wildman–Crippen MR) is 156 cm³/mol. The predicted octanol–water partition coefficient (Wildman–Crippen LogP) is 3.96. The largest absolute Gasteiger partial charge is 0.396 e. The quantitative estimate of drug-likeness (QED) is 0.221. The van der Waals surface area contributed by atoms with Gasteiger partial charge in [0.25, 0.3) is 5.91 Å². The van der Waals surface area contributed by atoms with Crippen molar-refractivity contribution in [2.24, 2.45) is 5.92 Å². The first-order valence-corrected chi connectivity index (χ1v) is 14.7. The lowest BCUT2D eigenvalue weighted by Crippen LogP contribution is -2.44. The first-order chi connectivity index (χ1) is 19.5. The van der Waals surface area contributed by atoms with E-state index in [0.717, 1.165) is 38.3 Å². The second kappa shape index (κ2) is 10.9. The van der Waals surface area contributed by atoms with Crippen LogP contribution in [-0.2, 0) is 9.84 Å². The number of rotatable bonds is 7. The number of anilines is 3. The van der Waals surface area contributed by atoms with E-state index in [1.807, 2.05) is 7.05 Å². The molecule has 4 N–H and O–H groups in total. The van der Waals surface area contributed by atoms with Gasteiger partial charge in [-0.15, -0.1) is 0 Å². The van der Waals surface area contributed by atoms with E-state index in [1.165, 1.54) is 30.3 Å². The summed E-state index contributed by atoms with van der Waals surface area (Å²) >= 11 is 0. The maximum atomic E-state index is 13.7. The maximum Gasteiger partial charge on any atom is 0.257 e. The molecule has 3 aromatic carbocycles. The first-order valence-electron chi connectivity index (χ1n) is 13.2. The van der Waals surface area contributed by atoms with Gasteiger partial charge in [-0.3, -0.25) is 14.7 Å². The lowest BCUT2D eigenvalue weighted by atomic mass is 9.93. The fourth-order valence-corrected chi connectivity index (χ4v) is 6.19. The number of halogens is 1. The molecule has 41 heavy (non-hydrogen) atoms. The summed E-state index contributed by atoms with van der Waals surface area (Å²) < 4.78 is 40.1. The Morgan fingerprint density at radius 2 is 1.73 bits per heavy atom. The monoisotopic (exact) mass is 578 g/mol. The van der Waals surface area contributed by atoms with Gasteiger partial charge < -0.3 is 20.9 Å². The zero-order valence-electron chi connectivity index (χ0n) is 22.9. The van der Waals surface area contributed by atoms with Crippen molar-refractivity contribution in [3.63, 3.8) is 0 Å². The fraction of sp³-hybridized carbons (Fsp3) is 0.276. The van der Waals surface area contributed by atoms with Gasteiger partial charge in [0.1, 0.15) is 5.82 Å². The Morgan fingerprint density at radius 3 is 2.41 bits per heavy atom. The highest BCUT2D eigenvalue weighted by molar-refractivity contribution is 7.91. The van der Waals surface area contributed by atoms with Crippen molar-refractivity contribution in [1.82, 2.24) is 15.1 Å². The third-order valence-corrected chi connectivity index (χ3v) is 9.01. The van der Waals surface area contributed by atoms with E-state index in [1.54, 1.807) is 26.0 Å². The molecule has 0 unspecified atom stereocenters. The summed E-state index contributed by atoms with van der Waals surface area (Å²) in [4.78, 5) is 30.9. The van der Waals surface area contributed by atoms with Crippen molar-refractivity contribution in [1.29, 1.82) is 0 Å². The van der Waals surface area contributed by atoms with Crippen LogP contribution in [0.3, 0.4) is 0 Å². The number of hydrogen-bond donors (Lipinski definition) is 3. The summed E-state index contributed by atoms with van der Waals surface area (Å²) in [5, 5.41) is 9.97. The SMILES string of the molecule is CC(C)C(=O)c1c(C(=O)Nc2n[nH]c3ccc(S(=O)(=O)c4cccc(F)c4)cc23)ccc(N2CCN(C)CC2)c1N. The van der Waals surface area contributed by atoms with Gasteiger partial charge in [-0.25, -0.2) is 12.8 Å². The van der Waals surface area contributed by atoms with E-state index in [2.05, 4.69) is 25.3 Å². The van der Waals surface area contributed by atoms with Crippen LogP contribution in [0.5, 0.6) is 0 Å². The van der Waals surface area contributed by atoms with Gasteiger partial charge in [0.15, 0.2) is 11.6 Å². The number of ketones is 1. The van der Waals surface area contributed by atoms with Crippen LogP contribution in [0.2, 0.25) is 0 Å². The minimum absolute atomic E-state index is 0.0750. The van der Waals surface area contributed by atoms with Gasteiger partial charge in [0.2, 0.25) is 9.84 Å². The summed E-state index contributed by atoms with van der Waals surface area (Å²) in [6.45, 7) is 6.65. The number of nitrogen functional groups attached to an aromatic ring is 1. The molecular weight excluding hydrogens is 547 g/mol. The fourth-order valence-electron chi connectivity index (χ4n) is 4.88. The van der Waals surface area contributed by atoms with Crippen LogP contribution in [-0.4, -0.2) is 68.4 Å². The van der Waals surface area contributed by atoms with Crippen molar-refractivity contribution in [2.75, 3.05) is 49.2 Å². The molecular formula is C29H31FN6O4S. The molecule has 214 valence electrons. The second-order valence-corrected chi connectivity index (χ2v) is 12.4. The molecule has 1 aromatic heterocycles. The number of hydrogen-bond acceptors (Lipinski definition) is 8. The standard InChI is InChI=1S/C29H31FN6O4S/c1-17(2)27(37)25-21(8-10-24(26(25)31)36-13-11-35(3)12-14-36)29(38)32-28-22-16-20(7-9-23(22)33-34-28)41(39,40)19-6-4-5-18(30)15-19/h4-10,15-17H,11-14,31H2,1-3H3,(H2,32,33,34,38). The molecule has 1 amide bonds. The average molecular weight is 579 g/mol. The summed E-state index contributed by atoms with van der Waals surface area (Å²) in [6, 6.07) is 12.3. The molecule has 1 saturated heterocycles. The van der Waals surface area contributed by atoms with Gasteiger partial charge in [0.05, 0.1) is 37.8 Å². The topological polar surface area (TPSA) is 141 Å². The van der Waals surface area contributed by atoms with Crippen molar-refractivity contribution in [3.05, 3.63) is 71.5 Å². The lowest BCUT2D eigenvalue weighted by Gasteiger charge is -2.35. The number of Topliss-reactive ketones (excluding diaryl/α,β-unsaturated/α-hetero) is 1. The average Bonchev–Trinajstić information content (AvgIpc) is 3.34. The molecule has 0 saturated carbocycles. The number of fused-ring (bicyclic) bond motifs is 1. The Kier molecular flexibility index (Phi) is 7.54. The van der Waals surface area contributed by atoms with Crippen molar-refractivity contribution in [2.45, 2.75) is 23.6 Å². The van der Waals surface area contributed by atoms with Crippen LogP contribution in [0.4, 0.5) is 21.6 Å². The number of benzene rings is 3. The molecule has 0 bridgehead atoms. The van der Waals surface area contributed by atoms with Crippen LogP contribution in [0.1, 0.15) is 34.6 Å². The number of nitrogens with two attached hydrogens (primary N) is 1. The molecule has 0 spiro atoms. The highest BCUT2D eigenvalue weighted by Crippen LogP contribution is 2.33. The molecule has 12 heteroatoms. The zero-order valence-corrected chi connectivity index (χ0v) is 23.8. The molecule has 1 fully saturated rings. The molecule has 1 aliphatic rings. The molecule has 0 aliphatic carbocycles. The van der Waals surface area contributed by atoms with E-state index in [-0.39, 0.29) is 38.2 Å². The van der Waals surface area contributed by atoms with Gasteiger partial charge >= 0.3 is 0 Å². The Bertz CT molecular complexity index is 1760. The molecule has 2 heterocycles. The van der Waals surface area contributed by atoms with Crippen LogP contribution < -0.4 is 16.0 Å². The first kappa shape index (κ1) is 28.2. The summed E-state index contributed by atoms with van der Waals surface area (Å²) in [5.41, 5.74) is 8.22. The van der Waals surface area contributed by atoms with Crippen molar-refractivity contribution in [3.8, 4) is 0 Å². The number of H-pyrrole nitrogens is 1. The minimum atomic E-state index is -4.04. The Morgan fingerprint density at radius 1 is 1.02 bits per heavy atom. The number of carbonyl (C=O) groups excluding carboxylic acids is 2. The van der Waals surface area contributed by atoms with E-state index in [4.69, 9.17) is 5.73 Å². The van der Waals surface area contributed by atoms with Gasteiger partial charge in [-0.05, 0) is 55.6 Å². The van der Waals surface area contributed by atoms with Crippen LogP contribution in [0, 0.1) is 11.7 Å². The smallest absolute Gasteiger partial charge is 0.257 e. The Balaban J connectivity index is 1.51. The Hall–Kier alpha value is -4.29. The van der Waals surface area contributed by atoms with E-state index < -0.39 is 27.5 Å². The number of aromatic amines is 1. The van der Waals surface area contributed by atoms with Crippen LogP contribution >= 0.6 is 0 Å². The lowest BCUT2D eigenvalue weighted by molar-refractivity contribution is 0.0929. The normalized spacial score (nSPS) is 14.5. The van der Waals surface area contributed by atoms with Gasteiger partial charge in [-0.2, -0.15) is 5.10 Å². The molecule has 4 aromatic rings. The number of nitrogens with one attached hydrogen (secondary N) is 2. The van der Waals surface area contributed by atoms with Gasteiger partial charge in [-0.1, -0.05) is 19.9 Å². The van der Waals surface area contributed by atoms with E-state index in [9.17, 15) is 22.4 Å². The molecule has 1 aliphatic heterocycles. The number of nitrogens with zero attached hydrogens (tertiary/aromatic N) is 3. The van der Waals surface area contributed by atoms with E-state index >= 15 is 0 Å². The molecule has 10 nitrogen and oxygen atoms in total. The van der Waals surface area contributed by atoms with Crippen molar-refractivity contribution < 1.29 is 22.4 Å². The third kappa shape index (κ3) is 5.40. The number of sulfone groups is 1. The minimum Gasteiger partial charge on any atom is -0.396 e. The number of likely N-dealkylation sites (N-methyl/N-ethyl adjacent to an activating group) is 1. The highest BCUT2D eigenvalue weighted by Gasteiger charge is 2.28.